The Labute approximate surface area is 259 Å². The number of allylic oxidation sites excluding steroid dienone is 1. The summed E-state index contributed by atoms with van der Waals surface area (Å²) < 4.78 is 12.2. The number of halogens is 2. The van der Waals surface area contributed by atoms with E-state index in [1.165, 1.54) is 9.80 Å². The van der Waals surface area contributed by atoms with E-state index in [1.807, 2.05) is 0 Å². The fourth-order valence-electron chi connectivity index (χ4n) is 6.28. The highest BCUT2D eigenvalue weighted by atomic mass is 79.9. The Balaban J connectivity index is 1.62. The molecule has 10 nitrogen and oxygen atoms in total. The number of nitrogens with zero attached hydrogens (tertiary/aromatic N) is 2. The molecule has 42 heavy (non-hydrogen) atoms. The maximum Gasteiger partial charge on any atom is 0.312 e. The normalized spacial score (nSPS) is 28.2. The summed E-state index contributed by atoms with van der Waals surface area (Å²) in [6.07, 6.45) is 3.31. The first-order valence-corrected chi connectivity index (χ1v) is 15.4. The van der Waals surface area contributed by atoms with Crippen LogP contribution in [0.4, 0.5) is 5.69 Å². The largest absolute Gasteiger partial charge is 0.460 e. The molecule has 2 bridgehead atoms. The van der Waals surface area contributed by atoms with Crippen LogP contribution in [0.25, 0.3) is 0 Å². The van der Waals surface area contributed by atoms with Crippen LogP contribution in [-0.2, 0) is 28.7 Å². The number of aliphatic hydroxyl groups is 1. The van der Waals surface area contributed by atoms with Gasteiger partial charge in [0, 0.05) is 41.7 Å². The maximum absolute atomic E-state index is 14.4. The molecule has 1 aromatic rings. The number of rotatable bonds is 14. The molecule has 3 saturated heterocycles. The van der Waals surface area contributed by atoms with Gasteiger partial charge in [0.1, 0.15) is 17.7 Å². The summed E-state index contributed by atoms with van der Waals surface area (Å²) in [7, 11) is 0. The molecule has 7 atom stereocenters. The summed E-state index contributed by atoms with van der Waals surface area (Å²) in [6, 6.07) is 5.73. The summed E-state index contributed by atoms with van der Waals surface area (Å²) in [5.74, 6) is -3.46. The van der Waals surface area contributed by atoms with Gasteiger partial charge in [-0.25, -0.2) is 0 Å². The number of nitrogens with one attached hydrogen (secondary N) is 1. The van der Waals surface area contributed by atoms with Crippen LogP contribution in [0.1, 0.15) is 32.6 Å². The van der Waals surface area contributed by atoms with Crippen LogP contribution >= 0.6 is 27.5 Å². The topological polar surface area (TPSA) is 125 Å². The van der Waals surface area contributed by atoms with Crippen molar-refractivity contribution in [3.05, 3.63) is 54.6 Å². The number of esters is 1. The number of hydrogen-bond donors (Lipinski definition) is 2. The smallest absolute Gasteiger partial charge is 0.312 e. The van der Waals surface area contributed by atoms with Gasteiger partial charge in [-0.1, -0.05) is 39.7 Å². The molecule has 0 saturated carbocycles. The highest BCUT2D eigenvalue weighted by Gasteiger charge is 2.77. The number of ether oxygens (including phenoxy) is 2. The van der Waals surface area contributed by atoms with E-state index >= 15 is 0 Å². The zero-order valence-electron chi connectivity index (χ0n) is 23.5. The Morgan fingerprint density at radius 1 is 1.31 bits per heavy atom. The third-order valence-corrected chi connectivity index (χ3v) is 9.14. The summed E-state index contributed by atoms with van der Waals surface area (Å²) in [4.78, 5) is 56.7. The lowest BCUT2D eigenvalue weighted by Crippen LogP contribution is -2.57. The Bertz CT molecular complexity index is 1210. The minimum absolute atomic E-state index is 0.114. The predicted octanol–water partition coefficient (Wildman–Crippen LogP) is 3.00. The lowest BCUT2D eigenvalue weighted by Gasteiger charge is -2.37. The van der Waals surface area contributed by atoms with Crippen molar-refractivity contribution in [1.29, 1.82) is 0 Å². The van der Waals surface area contributed by atoms with Gasteiger partial charge in [0.2, 0.25) is 11.8 Å². The van der Waals surface area contributed by atoms with Crippen molar-refractivity contribution in [1.82, 2.24) is 10.2 Å². The maximum atomic E-state index is 14.4. The first-order valence-electron chi connectivity index (χ1n) is 14.1. The minimum Gasteiger partial charge on any atom is -0.460 e. The molecule has 1 spiro atoms. The molecule has 1 aromatic carbocycles. The number of benzene rings is 1. The van der Waals surface area contributed by atoms with E-state index in [1.54, 1.807) is 43.3 Å². The first kappa shape index (κ1) is 32.2. The van der Waals surface area contributed by atoms with Crippen molar-refractivity contribution >= 4 is 56.9 Å². The number of fused-ring (bicyclic) bond motifs is 1. The van der Waals surface area contributed by atoms with E-state index in [0.29, 0.717) is 23.6 Å². The summed E-state index contributed by atoms with van der Waals surface area (Å²) in [6.45, 7) is 9.28. The van der Waals surface area contributed by atoms with E-state index in [4.69, 9.17) is 21.1 Å². The Hall–Kier alpha value is -2.73. The van der Waals surface area contributed by atoms with Crippen molar-refractivity contribution in [3.63, 3.8) is 0 Å². The van der Waals surface area contributed by atoms with Crippen molar-refractivity contribution in [3.8, 4) is 0 Å². The van der Waals surface area contributed by atoms with E-state index in [9.17, 15) is 24.3 Å². The molecule has 12 heteroatoms. The van der Waals surface area contributed by atoms with Gasteiger partial charge in [-0.05, 0) is 50.5 Å². The van der Waals surface area contributed by atoms with Crippen LogP contribution in [0.3, 0.4) is 0 Å². The van der Waals surface area contributed by atoms with Crippen LogP contribution in [0, 0.1) is 11.8 Å². The number of anilines is 1. The van der Waals surface area contributed by atoms with Crippen LogP contribution < -0.4 is 10.2 Å². The summed E-state index contributed by atoms with van der Waals surface area (Å²) in [5, 5.41) is 12.8. The molecule has 3 aliphatic heterocycles. The SMILES string of the molecule is C=CCCC(=O)NC[C@H](C)OC(=O)[C@@H]1[C@H]2O[C@@]3(CC2Br)[C@H](C(=O)N(CC=C)c2ccc(Cl)cc2)N(CCCO)C(=O)[C@@H]13. The lowest BCUT2D eigenvalue weighted by atomic mass is 9.70. The second kappa shape index (κ2) is 13.7. The zero-order chi connectivity index (χ0) is 30.6. The van der Waals surface area contributed by atoms with Crippen molar-refractivity contribution in [2.45, 2.75) is 61.3 Å². The van der Waals surface area contributed by atoms with Crippen molar-refractivity contribution < 1.29 is 33.8 Å². The Morgan fingerprint density at radius 2 is 2.02 bits per heavy atom. The van der Waals surface area contributed by atoms with Gasteiger partial charge >= 0.3 is 5.97 Å². The fraction of sp³-hybridized carbons (Fsp3) is 0.533. The molecule has 3 fully saturated rings. The molecule has 0 aliphatic carbocycles. The second-order valence-electron chi connectivity index (χ2n) is 10.9. The van der Waals surface area contributed by atoms with Gasteiger partial charge in [-0.3, -0.25) is 19.2 Å². The molecular formula is C30H37BrClN3O7. The van der Waals surface area contributed by atoms with Crippen LogP contribution in [0.2, 0.25) is 5.02 Å². The quantitative estimate of drug-likeness (QED) is 0.178. The first-order chi connectivity index (χ1) is 20.1. The monoisotopic (exact) mass is 665 g/mol. The van der Waals surface area contributed by atoms with Gasteiger partial charge in [-0.15, -0.1) is 13.2 Å². The Kier molecular flexibility index (Phi) is 10.5. The van der Waals surface area contributed by atoms with E-state index in [0.717, 1.165) is 0 Å². The van der Waals surface area contributed by atoms with Crippen LogP contribution in [0.15, 0.2) is 49.6 Å². The summed E-state index contributed by atoms with van der Waals surface area (Å²) >= 11 is 9.72. The second-order valence-corrected chi connectivity index (χ2v) is 12.5. The number of hydrogen-bond acceptors (Lipinski definition) is 7. The molecule has 1 unspecified atom stereocenters. The number of carbonyl (C=O) groups excluding carboxylic acids is 4. The molecule has 228 valence electrons. The highest BCUT2D eigenvalue weighted by molar-refractivity contribution is 9.09. The standard InChI is InChI=1S/C30H37BrClN3O7/c1-4-6-8-22(37)33-17-18(3)41-29(40)23-24-27(38)35(14-7-15-36)26(30(24)16-21(31)25(23)42-30)28(39)34(13-5-2)20-11-9-19(32)10-12-20/h4-5,9-12,18,21,23-26,36H,1-2,6-8,13-17H2,3H3,(H,33,37)/t18-,21?,23-,24+,25-,26-,30+/m0/s1. The average Bonchev–Trinajstić information content (AvgIpc) is 3.55. The predicted molar refractivity (Wildman–Crippen MR) is 161 cm³/mol. The van der Waals surface area contributed by atoms with Gasteiger partial charge in [0.25, 0.3) is 5.91 Å². The zero-order valence-corrected chi connectivity index (χ0v) is 25.9. The fourth-order valence-corrected chi connectivity index (χ4v) is 7.35. The molecule has 3 aliphatic rings. The van der Waals surface area contributed by atoms with E-state index in [-0.39, 0.29) is 61.6 Å². The highest BCUT2D eigenvalue weighted by Crippen LogP contribution is 2.60. The van der Waals surface area contributed by atoms with E-state index < -0.39 is 41.7 Å². The number of aliphatic hydroxyl groups excluding tert-OH is 1. The third kappa shape index (κ3) is 6.15. The number of amides is 3. The van der Waals surface area contributed by atoms with Crippen LogP contribution in [0.5, 0.6) is 0 Å². The molecular weight excluding hydrogens is 630 g/mol. The molecule has 4 rings (SSSR count). The number of carbonyl (C=O) groups is 4. The van der Waals surface area contributed by atoms with E-state index in [2.05, 4.69) is 34.4 Å². The molecule has 3 heterocycles. The van der Waals surface area contributed by atoms with Gasteiger partial charge in [0.15, 0.2) is 0 Å². The van der Waals surface area contributed by atoms with Gasteiger partial charge < -0.3 is 29.7 Å². The van der Waals surface area contributed by atoms with Crippen molar-refractivity contribution in [2.75, 3.05) is 31.1 Å². The lowest BCUT2D eigenvalue weighted by molar-refractivity contribution is -0.159. The summed E-state index contributed by atoms with van der Waals surface area (Å²) in [5.41, 5.74) is -0.707. The van der Waals surface area contributed by atoms with Gasteiger partial charge in [0.05, 0.1) is 24.5 Å². The van der Waals surface area contributed by atoms with Crippen LogP contribution in [-0.4, -0.2) is 88.6 Å². The minimum atomic E-state index is -1.28. The molecule has 0 radical (unpaired) electrons. The van der Waals surface area contributed by atoms with Crippen molar-refractivity contribution in [2.24, 2.45) is 11.8 Å². The number of likely N-dealkylation sites (tertiary alicyclic amines) is 1. The van der Waals surface area contributed by atoms with Gasteiger partial charge in [-0.2, -0.15) is 0 Å². The number of alkyl halides is 1. The molecule has 2 N–H and O–H groups in total. The molecule has 3 amide bonds. The average molecular weight is 667 g/mol. The molecule has 0 aromatic heterocycles. The Morgan fingerprint density at radius 3 is 2.67 bits per heavy atom. The third-order valence-electron chi connectivity index (χ3n) is 8.05.